The Bertz CT molecular complexity index is 623. The van der Waals surface area contributed by atoms with E-state index in [-0.39, 0.29) is 16.8 Å². The van der Waals surface area contributed by atoms with E-state index in [9.17, 15) is 18.0 Å². The molecular formula is C13H8F3NO2. The van der Waals surface area contributed by atoms with Crippen molar-refractivity contribution in [1.29, 1.82) is 0 Å². The van der Waals surface area contributed by atoms with Crippen LogP contribution < -0.4 is 0 Å². The van der Waals surface area contributed by atoms with Crippen LogP contribution in [-0.4, -0.2) is 16.1 Å². The Morgan fingerprint density at radius 3 is 2.47 bits per heavy atom. The molecule has 1 aromatic carbocycles. The molecule has 98 valence electrons. The quantitative estimate of drug-likeness (QED) is 0.906. The van der Waals surface area contributed by atoms with Crippen LogP contribution in [0.5, 0.6) is 0 Å². The van der Waals surface area contributed by atoms with Crippen molar-refractivity contribution in [1.82, 2.24) is 4.98 Å². The number of aromatic carboxylic acids is 1. The molecule has 6 heteroatoms. The molecule has 0 fully saturated rings. The smallest absolute Gasteiger partial charge is 0.417 e. The summed E-state index contributed by atoms with van der Waals surface area (Å²) < 4.78 is 38.5. The lowest BCUT2D eigenvalue weighted by Gasteiger charge is -2.12. The number of carboxylic acids is 1. The van der Waals surface area contributed by atoms with Gasteiger partial charge in [0.2, 0.25) is 0 Å². The summed E-state index contributed by atoms with van der Waals surface area (Å²) in [6.45, 7) is 0. The maximum absolute atomic E-state index is 12.8. The van der Waals surface area contributed by atoms with E-state index in [1.807, 2.05) is 0 Å². The number of carbonyl (C=O) groups is 1. The topological polar surface area (TPSA) is 50.2 Å². The highest BCUT2D eigenvalue weighted by Crippen LogP contribution is 2.36. The summed E-state index contributed by atoms with van der Waals surface area (Å²) in [7, 11) is 0. The zero-order valence-corrected chi connectivity index (χ0v) is 9.48. The maximum Gasteiger partial charge on any atom is 0.417 e. The van der Waals surface area contributed by atoms with Gasteiger partial charge in [-0.1, -0.05) is 18.2 Å². The number of rotatable bonds is 2. The van der Waals surface area contributed by atoms with Crippen LogP contribution in [0.1, 0.15) is 15.9 Å². The van der Waals surface area contributed by atoms with E-state index in [4.69, 9.17) is 5.11 Å². The van der Waals surface area contributed by atoms with Gasteiger partial charge < -0.3 is 5.11 Å². The third-order valence-electron chi connectivity index (χ3n) is 2.52. The predicted molar refractivity (Wildman–Crippen MR) is 61.6 cm³/mol. The maximum atomic E-state index is 12.8. The Morgan fingerprint density at radius 2 is 1.84 bits per heavy atom. The molecule has 3 nitrogen and oxygen atoms in total. The molecule has 1 aromatic heterocycles. The molecule has 0 unspecified atom stereocenters. The second-order valence-corrected chi connectivity index (χ2v) is 3.78. The summed E-state index contributed by atoms with van der Waals surface area (Å²) in [5.74, 6) is -1.21. The van der Waals surface area contributed by atoms with Gasteiger partial charge in [-0.15, -0.1) is 0 Å². The number of hydrogen-bond donors (Lipinski definition) is 1. The van der Waals surface area contributed by atoms with E-state index < -0.39 is 17.7 Å². The standard InChI is InChI=1S/C13H8F3NO2/c14-13(15,16)10-4-2-1-3-9(10)11-7-8(12(18)19)5-6-17-11/h1-7H,(H,18,19). The molecule has 0 bridgehead atoms. The molecule has 2 aromatic rings. The van der Waals surface area contributed by atoms with Crippen LogP contribution in [0.25, 0.3) is 11.3 Å². The Morgan fingerprint density at radius 1 is 1.16 bits per heavy atom. The number of nitrogens with zero attached hydrogens (tertiary/aromatic N) is 1. The molecule has 0 aliphatic rings. The molecule has 0 amide bonds. The van der Waals surface area contributed by atoms with Crippen molar-refractivity contribution >= 4 is 5.97 Å². The van der Waals surface area contributed by atoms with Crippen LogP contribution in [0.3, 0.4) is 0 Å². The van der Waals surface area contributed by atoms with Crippen molar-refractivity contribution in [3.05, 3.63) is 53.7 Å². The van der Waals surface area contributed by atoms with E-state index in [1.165, 1.54) is 30.5 Å². The van der Waals surface area contributed by atoms with Crippen molar-refractivity contribution in [3.8, 4) is 11.3 Å². The minimum atomic E-state index is -4.52. The molecule has 2 rings (SSSR count). The fraction of sp³-hybridized carbons (Fsp3) is 0.0769. The molecule has 0 radical (unpaired) electrons. The number of carboxylic acid groups (broad SMARTS) is 1. The highest BCUT2D eigenvalue weighted by molar-refractivity contribution is 5.89. The number of pyridine rings is 1. The third-order valence-corrected chi connectivity index (χ3v) is 2.52. The highest BCUT2D eigenvalue weighted by Gasteiger charge is 2.33. The molecule has 0 saturated heterocycles. The minimum absolute atomic E-state index is 0.0205. The van der Waals surface area contributed by atoms with Crippen LogP contribution in [0.2, 0.25) is 0 Å². The molecule has 1 heterocycles. The van der Waals surface area contributed by atoms with Crippen LogP contribution in [-0.2, 0) is 6.18 Å². The summed E-state index contributed by atoms with van der Waals surface area (Å²) >= 11 is 0. The number of hydrogen-bond acceptors (Lipinski definition) is 2. The van der Waals surface area contributed by atoms with Gasteiger partial charge in [-0.3, -0.25) is 4.98 Å². The zero-order valence-electron chi connectivity index (χ0n) is 9.48. The average molecular weight is 267 g/mol. The minimum Gasteiger partial charge on any atom is -0.478 e. The highest BCUT2D eigenvalue weighted by atomic mass is 19.4. The molecule has 0 aliphatic carbocycles. The lowest BCUT2D eigenvalue weighted by atomic mass is 10.0. The molecule has 1 N–H and O–H groups in total. The van der Waals surface area contributed by atoms with Gasteiger partial charge >= 0.3 is 12.1 Å². The van der Waals surface area contributed by atoms with E-state index in [0.717, 1.165) is 12.1 Å². The van der Waals surface area contributed by atoms with Gasteiger partial charge in [0.25, 0.3) is 0 Å². The van der Waals surface area contributed by atoms with E-state index >= 15 is 0 Å². The second-order valence-electron chi connectivity index (χ2n) is 3.78. The van der Waals surface area contributed by atoms with Crippen LogP contribution in [0, 0.1) is 0 Å². The van der Waals surface area contributed by atoms with Crippen molar-refractivity contribution in [2.75, 3.05) is 0 Å². The Kier molecular flexibility index (Phi) is 3.25. The van der Waals surface area contributed by atoms with Crippen molar-refractivity contribution in [2.24, 2.45) is 0 Å². The SMILES string of the molecule is O=C(O)c1ccnc(-c2ccccc2C(F)(F)F)c1. The molecule has 0 aliphatic heterocycles. The molecule has 0 atom stereocenters. The first-order valence-electron chi connectivity index (χ1n) is 5.25. The van der Waals surface area contributed by atoms with Gasteiger partial charge in [0.05, 0.1) is 16.8 Å². The Balaban J connectivity index is 2.60. The van der Waals surface area contributed by atoms with Gasteiger partial charge in [0.1, 0.15) is 0 Å². The van der Waals surface area contributed by atoms with Crippen LogP contribution >= 0.6 is 0 Å². The summed E-state index contributed by atoms with van der Waals surface area (Å²) in [6.07, 6.45) is -3.34. The first kappa shape index (κ1) is 13.1. The molecule has 0 spiro atoms. The average Bonchev–Trinajstić information content (AvgIpc) is 2.38. The van der Waals surface area contributed by atoms with E-state index in [2.05, 4.69) is 4.98 Å². The summed E-state index contributed by atoms with van der Waals surface area (Å²) in [6, 6.07) is 7.25. The van der Waals surface area contributed by atoms with Gasteiger partial charge in [-0.25, -0.2) is 4.79 Å². The largest absolute Gasteiger partial charge is 0.478 e. The monoisotopic (exact) mass is 267 g/mol. The summed E-state index contributed by atoms with van der Waals surface area (Å²) in [5.41, 5.74) is -1.11. The fourth-order valence-electron chi connectivity index (χ4n) is 1.66. The summed E-state index contributed by atoms with van der Waals surface area (Å²) in [5, 5.41) is 8.84. The molecule has 19 heavy (non-hydrogen) atoms. The zero-order chi connectivity index (χ0) is 14.0. The predicted octanol–water partition coefficient (Wildman–Crippen LogP) is 3.47. The van der Waals surface area contributed by atoms with Crippen LogP contribution in [0.15, 0.2) is 42.6 Å². The first-order valence-corrected chi connectivity index (χ1v) is 5.25. The van der Waals surface area contributed by atoms with Gasteiger partial charge in [-0.05, 0) is 18.2 Å². The number of aromatic nitrogens is 1. The van der Waals surface area contributed by atoms with Crippen molar-refractivity contribution < 1.29 is 23.1 Å². The molecular weight excluding hydrogens is 259 g/mol. The Hall–Kier alpha value is -2.37. The van der Waals surface area contributed by atoms with E-state index in [1.54, 1.807) is 0 Å². The normalized spacial score (nSPS) is 11.3. The first-order chi connectivity index (χ1) is 8.89. The van der Waals surface area contributed by atoms with Crippen molar-refractivity contribution in [2.45, 2.75) is 6.18 Å². The number of alkyl halides is 3. The second kappa shape index (κ2) is 4.72. The van der Waals surface area contributed by atoms with Gasteiger partial charge in [-0.2, -0.15) is 13.2 Å². The Labute approximate surface area is 106 Å². The van der Waals surface area contributed by atoms with Gasteiger partial charge in [0, 0.05) is 11.8 Å². The van der Waals surface area contributed by atoms with Gasteiger partial charge in [0.15, 0.2) is 0 Å². The third kappa shape index (κ3) is 2.73. The molecule has 0 saturated carbocycles. The van der Waals surface area contributed by atoms with Crippen LogP contribution in [0.4, 0.5) is 13.2 Å². The van der Waals surface area contributed by atoms with E-state index in [0.29, 0.717) is 0 Å². The number of benzene rings is 1. The van der Waals surface area contributed by atoms with Crippen molar-refractivity contribution in [3.63, 3.8) is 0 Å². The fourth-order valence-corrected chi connectivity index (χ4v) is 1.66. The lowest BCUT2D eigenvalue weighted by molar-refractivity contribution is -0.137. The number of halogens is 3. The summed E-state index contributed by atoms with van der Waals surface area (Å²) in [4.78, 5) is 14.6. The lowest BCUT2D eigenvalue weighted by Crippen LogP contribution is -2.07.